The van der Waals surface area contributed by atoms with E-state index >= 15 is 0 Å². The molecule has 142 valence electrons. The van der Waals surface area contributed by atoms with Crippen LogP contribution in [0.25, 0.3) is 0 Å². The second-order valence-electron chi connectivity index (χ2n) is 8.18. The van der Waals surface area contributed by atoms with Crippen molar-refractivity contribution in [3.8, 4) is 5.75 Å². The van der Waals surface area contributed by atoms with E-state index in [1.165, 1.54) is 16.7 Å². The number of rotatable bonds is 4. The van der Waals surface area contributed by atoms with Crippen LogP contribution in [0.15, 0.2) is 29.1 Å². The normalized spacial score (nSPS) is 23.7. The fourth-order valence-electron chi connectivity index (χ4n) is 4.81. The summed E-state index contributed by atoms with van der Waals surface area (Å²) in [5.41, 5.74) is 5.08. The molecule has 1 saturated carbocycles. The van der Waals surface area contributed by atoms with Gasteiger partial charge in [0.15, 0.2) is 0 Å². The van der Waals surface area contributed by atoms with Gasteiger partial charge in [0.25, 0.3) is 5.56 Å². The van der Waals surface area contributed by atoms with Gasteiger partial charge in [-0.25, -0.2) is 4.68 Å². The lowest BCUT2D eigenvalue weighted by Gasteiger charge is -2.30. The molecule has 5 rings (SSSR count). The zero-order valence-electron chi connectivity index (χ0n) is 15.7. The Morgan fingerprint density at radius 3 is 2.85 bits per heavy atom. The molecule has 1 N–H and O–H groups in total. The zero-order chi connectivity index (χ0) is 18.2. The van der Waals surface area contributed by atoms with Gasteiger partial charge in [-0.05, 0) is 67.7 Å². The van der Waals surface area contributed by atoms with Crippen molar-refractivity contribution in [2.75, 3.05) is 6.61 Å². The maximum absolute atomic E-state index is 12.4. The van der Waals surface area contributed by atoms with E-state index in [0.717, 1.165) is 76.0 Å². The summed E-state index contributed by atoms with van der Waals surface area (Å²) in [5.74, 6) is 1.05. The van der Waals surface area contributed by atoms with Crippen LogP contribution in [0.2, 0.25) is 0 Å². The maximum atomic E-state index is 12.4. The van der Waals surface area contributed by atoms with Crippen LogP contribution in [0.1, 0.15) is 60.5 Å². The molecular weight excluding hydrogens is 338 g/mol. The van der Waals surface area contributed by atoms with Crippen LogP contribution in [0.3, 0.4) is 0 Å². The van der Waals surface area contributed by atoms with Gasteiger partial charge < -0.3 is 10.1 Å². The van der Waals surface area contributed by atoms with E-state index in [-0.39, 0.29) is 11.6 Å². The standard InChI is InChI=1S/C22H27N3O2/c26-22-13-16-2-1-3-20(16)24-25(22)19-7-5-18(6-8-19)23-14-15-4-9-21-17(12-15)10-11-27-21/h4,9,12-13,18-19,23H,1-3,5-8,10-11,14H2. The molecule has 0 saturated heterocycles. The van der Waals surface area contributed by atoms with Gasteiger partial charge in [0, 0.05) is 25.1 Å². The number of aromatic nitrogens is 2. The van der Waals surface area contributed by atoms with Crippen molar-refractivity contribution in [1.82, 2.24) is 15.1 Å². The minimum absolute atomic E-state index is 0.0902. The highest BCUT2D eigenvalue weighted by Gasteiger charge is 2.25. The van der Waals surface area contributed by atoms with Gasteiger partial charge in [0.05, 0.1) is 18.3 Å². The molecule has 2 aromatic rings. The summed E-state index contributed by atoms with van der Waals surface area (Å²) in [7, 11) is 0. The van der Waals surface area contributed by atoms with Gasteiger partial charge in [-0.2, -0.15) is 5.10 Å². The Bertz CT molecular complexity index is 897. The lowest BCUT2D eigenvalue weighted by Crippen LogP contribution is -2.36. The molecule has 1 aliphatic heterocycles. The van der Waals surface area contributed by atoms with Crippen LogP contribution >= 0.6 is 0 Å². The van der Waals surface area contributed by atoms with E-state index in [0.29, 0.717) is 6.04 Å². The predicted octanol–water partition coefficient (Wildman–Crippen LogP) is 2.94. The van der Waals surface area contributed by atoms with Crippen LogP contribution in [-0.4, -0.2) is 22.4 Å². The number of ether oxygens (including phenoxy) is 1. The number of hydrogen-bond donors (Lipinski definition) is 1. The van der Waals surface area contributed by atoms with Gasteiger partial charge >= 0.3 is 0 Å². The number of nitrogens with zero attached hydrogens (tertiary/aromatic N) is 2. The fourth-order valence-corrected chi connectivity index (χ4v) is 4.81. The number of hydrogen-bond acceptors (Lipinski definition) is 4. The molecular formula is C22H27N3O2. The van der Waals surface area contributed by atoms with Crippen LogP contribution in [0.5, 0.6) is 5.75 Å². The highest BCUT2D eigenvalue weighted by Crippen LogP contribution is 2.29. The molecule has 1 aromatic heterocycles. The third-order valence-corrected chi connectivity index (χ3v) is 6.37. The molecule has 0 atom stereocenters. The molecule has 2 aliphatic carbocycles. The van der Waals surface area contributed by atoms with E-state index in [4.69, 9.17) is 9.84 Å². The van der Waals surface area contributed by atoms with Crippen LogP contribution in [0, 0.1) is 0 Å². The van der Waals surface area contributed by atoms with Crippen LogP contribution < -0.4 is 15.6 Å². The quantitative estimate of drug-likeness (QED) is 0.905. The SMILES string of the molecule is O=c1cc2c(nn1C1CCC(NCc3ccc4c(c3)CCO4)CC1)CCC2. The van der Waals surface area contributed by atoms with E-state index in [1.807, 2.05) is 6.07 Å². The van der Waals surface area contributed by atoms with Crippen LogP contribution in [-0.2, 0) is 25.8 Å². The third kappa shape index (κ3) is 3.41. The second kappa shape index (κ2) is 7.12. The first-order valence-electron chi connectivity index (χ1n) is 10.4. The molecule has 0 spiro atoms. The first-order chi connectivity index (χ1) is 13.3. The first kappa shape index (κ1) is 17.0. The average molecular weight is 365 g/mol. The zero-order valence-corrected chi connectivity index (χ0v) is 15.7. The van der Waals surface area contributed by atoms with E-state index in [1.54, 1.807) is 4.68 Å². The lowest BCUT2D eigenvalue weighted by molar-refractivity contribution is 0.267. The van der Waals surface area contributed by atoms with E-state index < -0.39 is 0 Å². The molecule has 0 amide bonds. The molecule has 1 fully saturated rings. The topological polar surface area (TPSA) is 56.2 Å². The average Bonchev–Trinajstić information content (AvgIpc) is 3.34. The number of benzene rings is 1. The third-order valence-electron chi connectivity index (χ3n) is 6.37. The molecule has 3 aliphatic rings. The Labute approximate surface area is 159 Å². The van der Waals surface area contributed by atoms with Crippen LogP contribution in [0.4, 0.5) is 0 Å². The summed E-state index contributed by atoms with van der Waals surface area (Å²) < 4.78 is 7.36. The summed E-state index contributed by atoms with van der Waals surface area (Å²) in [5, 5.41) is 8.41. The Morgan fingerprint density at radius 2 is 1.96 bits per heavy atom. The Hall–Kier alpha value is -2.14. The monoisotopic (exact) mass is 365 g/mol. The molecule has 0 unspecified atom stereocenters. The van der Waals surface area contributed by atoms with Crippen molar-refractivity contribution in [2.45, 2.75) is 70.0 Å². The van der Waals surface area contributed by atoms with Gasteiger partial charge in [0.1, 0.15) is 5.75 Å². The highest BCUT2D eigenvalue weighted by atomic mass is 16.5. The highest BCUT2D eigenvalue weighted by molar-refractivity contribution is 5.39. The summed E-state index contributed by atoms with van der Waals surface area (Å²) in [6.45, 7) is 1.71. The predicted molar refractivity (Wildman–Crippen MR) is 104 cm³/mol. The fraction of sp³-hybridized carbons (Fsp3) is 0.545. The number of fused-ring (bicyclic) bond motifs is 2. The lowest BCUT2D eigenvalue weighted by atomic mass is 9.91. The summed E-state index contributed by atoms with van der Waals surface area (Å²) in [4.78, 5) is 12.4. The van der Waals surface area contributed by atoms with Gasteiger partial charge in [-0.3, -0.25) is 4.79 Å². The van der Waals surface area contributed by atoms with Gasteiger partial charge in [-0.1, -0.05) is 12.1 Å². The van der Waals surface area contributed by atoms with Crippen molar-refractivity contribution in [1.29, 1.82) is 0 Å². The Kier molecular flexibility index (Phi) is 4.48. The van der Waals surface area contributed by atoms with Crippen molar-refractivity contribution < 1.29 is 4.74 Å². The summed E-state index contributed by atoms with van der Waals surface area (Å²) >= 11 is 0. The minimum Gasteiger partial charge on any atom is -0.493 e. The number of nitrogens with one attached hydrogen (secondary N) is 1. The van der Waals surface area contributed by atoms with Gasteiger partial charge in [-0.15, -0.1) is 0 Å². The maximum Gasteiger partial charge on any atom is 0.267 e. The van der Waals surface area contributed by atoms with Crippen molar-refractivity contribution in [3.05, 3.63) is 57.0 Å². The number of aryl methyl sites for hydroxylation is 2. The second-order valence-corrected chi connectivity index (χ2v) is 8.18. The molecule has 5 heteroatoms. The molecule has 2 heterocycles. The minimum atomic E-state index is 0.0902. The largest absolute Gasteiger partial charge is 0.493 e. The smallest absolute Gasteiger partial charge is 0.267 e. The van der Waals surface area contributed by atoms with Crippen molar-refractivity contribution >= 4 is 0 Å². The molecule has 0 radical (unpaired) electrons. The summed E-state index contributed by atoms with van der Waals surface area (Å²) in [6, 6.07) is 9.15. The first-order valence-corrected chi connectivity index (χ1v) is 10.4. The molecule has 5 nitrogen and oxygen atoms in total. The van der Waals surface area contributed by atoms with Crippen molar-refractivity contribution in [3.63, 3.8) is 0 Å². The van der Waals surface area contributed by atoms with E-state index in [9.17, 15) is 4.79 Å². The van der Waals surface area contributed by atoms with E-state index in [2.05, 4.69) is 23.5 Å². The Balaban J connectivity index is 1.18. The van der Waals surface area contributed by atoms with Crippen molar-refractivity contribution in [2.24, 2.45) is 0 Å². The molecule has 27 heavy (non-hydrogen) atoms. The van der Waals surface area contributed by atoms with Gasteiger partial charge in [0.2, 0.25) is 0 Å². The summed E-state index contributed by atoms with van der Waals surface area (Å²) in [6.07, 6.45) is 8.47. The molecule has 0 bridgehead atoms. The Morgan fingerprint density at radius 1 is 1.07 bits per heavy atom. The molecule has 1 aromatic carbocycles.